The normalized spacial score (nSPS) is 18.4. The van der Waals surface area contributed by atoms with Gasteiger partial charge in [-0.2, -0.15) is 0 Å². The maximum atomic E-state index is 10.8. The van der Waals surface area contributed by atoms with E-state index in [1.54, 1.807) is 12.1 Å². The molecule has 0 aliphatic heterocycles. The Morgan fingerprint density at radius 2 is 1.71 bits per heavy atom. The fraction of sp³-hybridized carbons (Fsp3) is 0.588. The number of aromatic carboxylic acids is 1. The first kappa shape index (κ1) is 16.0. The molecule has 1 saturated carbocycles. The van der Waals surface area contributed by atoms with E-state index in [9.17, 15) is 9.90 Å². The van der Waals surface area contributed by atoms with Crippen molar-refractivity contribution in [1.82, 2.24) is 4.90 Å². The summed E-state index contributed by atoms with van der Waals surface area (Å²) in [5.41, 5.74) is 0.815. The molecule has 1 aromatic rings. The Hall–Kier alpha value is -1.39. The number of carboxylic acids is 1. The first-order valence-corrected chi connectivity index (χ1v) is 7.72. The van der Waals surface area contributed by atoms with Crippen LogP contribution in [0.2, 0.25) is 0 Å². The number of carboxylic acid groups (broad SMARTS) is 1. The van der Waals surface area contributed by atoms with Gasteiger partial charge in [0.15, 0.2) is 0 Å². The summed E-state index contributed by atoms with van der Waals surface area (Å²) in [6, 6.07) is 6.95. The van der Waals surface area contributed by atoms with E-state index in [-0.39, 0.29) is 0 Å². The van der Waals surface area contributed by atoms with Crippen LogP contribution in [0.3, 0.4) is 0 Å². The number of rotatable bonds is 5. The Kier molecular flexibility index (Phi) is 5.37. The van der Waals surface area contributed by atoms with Gasteiger partial charge in [-0.25, -0.2) is 4.79 Å². The maximum absolute atomic E-state index is 10.8. The van der Waals surface area contributed by atoms with Crippen molar-refractivity contribution in [2.24, 2.45) is 0 Å². The van der Waals surface area contributed by atoms with E-state index in [4.69, 9.17) is 5.11 Å². The zero-order valence-electron chi connectivity index (χ0n) is 12.7. The number of benzene rings is 1. The van der Waals surface area contributed by atoms with Crippen LogP contribution in [0, 0.1) is 0 Å². The summed E-state index contributed by atoms with van der Waals surface area (Å²) in [5.74, 6) is -0.900. The molecule has 0 heterocycles. The molecule has 0 atom stereocenters. The van der Waals surface area contributed by atoms with Gasteiger partial charge in [0, 0.05) is 13.1 Å². The minimum atomic E-state index is -0.900. The van der Waals surface area contributed by atoms with Crippen molar-refractivity contribution >= 4 is 5.97 Å². The van der Waals surface area contributed by atoms with Gasteiger partial charge in [-0.05, 0) is 37.6 Å². The number of nitrogens with zero attached hydrogens (tertiary/aromatic N) is 1. The van der Waals surface area contributed by atoms with Crippen molar-refractivity contribution < 1.29 is 15.0 Å². The first-order chi connectivity index (χ1) is 9.98. The highest BCUT2D eigenvalue weighted by Crippen LogP contribution is 2.27. The van der Waals surface area contributed by atoms with Gasteiger partial charge in [0.1, 0.15) is 0 Å². The van der Waals surface area contributed by atoms with Crippen molar-refractivity contribution in [2.45, 2.75) is 50.7 Å². The minimum absolute atomic E-state index is 0.309. The van der Waals surface area contributed by atoms with Crippen LogP contribution in [-0.4, -0.2) is 40.3 Å². The summed E-state index contributed by atoms with van der Waals surface area (Å²) >= 11 is 0. The lowest BCUT2D eigenvalue weighted by molar-refractivity contribution is -0.00494. The number of likely N-dealkylation sites (N-methyl/N-ethyl adjacent to an activating group) is 1. The molecule has 0 aromatic heterocycles. The molecule has 21 heavy (non-hydrogen) atoms. The third-order valence-electron chi connectivity index (χ3n) is 4.25. The fourth-order valence-electron chi connectivity index (χ4n) is 3.17. The average molecular weight is 291 g/mol. The molecule has 0 radical (unpaired) electrons. The third kappa shape index (κ3) is 4.83. The topological polar surface area (TPSA) is 60.8 Å². The van der Waals surface area contributed by atoms with Gasteiger partial charge < -0.3 is 10.2 Å². The molecule has 4 heteroatoms. The van der Waals surface area contributed by atoms with Gasteiger partial charge in [-0.15, -0.1) is 0 Å². The second kappa shape index (κ2) is 7.05. The molecule has 4 nitrogen and oxygen atoms in total. The smallest absolute Gasteiger partial charge is 0.335 e. The lowest BCUT2D eigenvalue weighted by atomic mass is 9.94. The highest BCUT2D eigenvalue weighted by Gasteiger charge is 2.29. The van der Waals surface area contributed by atoms with Crippen molar-refractivity contribution in [2.75, 3.05) is 13.6 Å². The SMILES string of the molecule is CN(Cc1ccc(C(=O)O)cc1)CC1(O)CCCCCC1. The number of hydrogen-bond acceptors (Lipinski definition) is 3. The van der Waals surface area contributed by atoms with E-state index in [1.165, 1.54) is 12.8 Å². The Balaban J connectivity index is 1.91. The second-order valence-corrected chi connectivity index (χ2v) is 6.31. The van der Waals surface area contributed by atoms with Crippen LogP contribution >= 0.6 is 0 Å². The van der Waals surface area contributed by atoms with E-state index in [0.717, 1.165) is 37.8 Å². The molecule has 0 unspecified atom stereocenters. The first-order valence-electron chi connectivity index (χ1n) is 7.72. The third-order valence-corrected chi connectivity index (χ3v) is 4.25. The molecule has 0 amide bonds. The van der Waals surface area contributed by atoms with Crippen LogP contribution in [0.25, 0.3) is 0 Å². The highest BCUT2D eigenvalue weighted by atomic mass is 16.4. The van der Waals surface area contributed by atoms with Crippen LogP contribution in [0.4, 0.5) is 0 Å². The molecule has 2 rings (SSSR count). The summed E-state index contributed by atoms with van der Waals surface area (Å²) in [6.45, 7) is 1.40. The monoisotopic (exact) mass is 291 g/mol. The van der Waals surface area contributed by atoms with E-state index >= 15 is 0 Å². The lowest BCUT2D eigenvalue weighted by Crippen LogP contribution is -2.40. The number of carbonyl (C=O) groups is 1. The van der Waals surface area contributed by atoms with E-state index in [1.807, 2.05) is 19.2 Å². The standard InChI is InChI=1S/C17H25NO3/c1-18(13-17(21)10-4-2-3-5-11-17)12-14-6-8-15(9-7-14)16(19)20/h6-9,21H,2-5,10-13H2,1H3,(H,19,20). The second-order valence-electron chi connectivity index (χ2n) is 6.31. The zero-order chi connectivity index (χ0) is 15.3. The summed E-state index contributed by atoms with van der Waals surface area (Å²) < 4.78 is 0. The molecular weight excluding hydrogens is 266 g/mol. The number of aliphatic hydroxyl groups is 1. The van der Waals surface area contributed by atoms with Crippen LogP contribution in [-0.2, 0) is 6.54 Å². The molecule has 1 aliphatic carbocycles. The number of hydrogen-bond donors (Lipinski definition) is 2. The van der Waals surface area contributed by atoms with E-state index < -0.39 is 11.6 Å². The van der Waals surface area contributed by atoms with Crippen molar-refractivity contribution in [3.05, 3.63) is 35.4 Å². The summed E-state index contributed by atoms with van der Waals surface area (Å²) in [7, 11) is 2.01. The lowest BCUT2D eigenvalue weighted by Gasteiger charge is -2.31. The molecule has 1 fully saturated rings. The van der Waals surface area contributed by atoms with E-state index in [0.29, 0.717) is 12.1 Å². The molecule has 0 saturated heterocycles. The minimum Gasteiger partial charge on any atom is -0.478 e. The van der Waals surface area contributed by atoms with Crippen molar-refractivity contribution in [3.63, 3.8) is 0 Å². The molecule has 0 spiro atoms. The summed E-state index contributed by atoms with van der Waals surface area (Å²) in [6.07, 6.45) is 6.44. The van der Waals surface area contributed by atoms with Gasteiger partial charge in [0.25, 0.3) is 0 Å². The predicted octanol–water partition coefficient (Wildman–Crippen LogP) is 2.90. The average Bonchev–Trinajstić information content (AvgIpc) is 2.63. The zero-order valence-corrected chi connectivity index (χ0v) is 12.7. The van der Waals surface area contributed by atoms with Crippen molar-refractivity contribution in [1.29, 1.82) is 0 Å². The predicted molar refractivity (Wildman–Crippen MR) is 82.4 cm³/mol. The molecule has 1 aromatic carbocycles. The molecule has 0 bridgehead atoms. The highest BCUT2D eigenvalue weighted by molar-refractivity contribution is 5.87. The van der Waals surface area contributed by atoms with E-state index in [2.05, 4.69) is 4.90 Å². The molecular formula is C17H25NO3. The van der Waals surface area contributed by atoms with Crippen LogP contribution < -0.4 is 0 Å². The van der Waals surface area contributed by atoms with Gasteiger partial charge in [0.2, 0.25) is 0 Å². The van der Waals surface area contributed by atoms with Gasteiger partial charge in [-0.3, -0.25) is 4.90 Å². The Morgan fingerprint density at radius 1 is 1.14 bits per heavy atom. The van der Waals surface area contributed by atoms with Crippen LogP contribution in [0.1, 0.15) is 54.4 Å². The van der Waals surface area contributed by atoms with Gasteiger partial charge >= 0.3 is 5.97 Å². The molecule has 1 aliphatic rings. The van der Waals surface area contributed by atoms with Gasteiger partial charge in [-0.1, -0.05) is 37.8 Å². The largest absolute Gasteiger partial charge is 0.478 e. The quantitative estimate of drug-likeness (QED) is 0.819. The Labute approximate surface area is 126 Å². The van der Waals surface area contributed by atoms with Crippen LogP contribution in [0.15, 0.2) is 24.3 Å². The van der Waals surface area contributed by atoms with Crippen LogP contribution in [0.5, 0.6) is 0 Å². The fourth-order valence-corrected chi connectivity index (χ4v) is 3.17. The van der Waals surface area contributed by atoms with Crippen molar-refractivity contribution in [3.8, 4) is 0 Å². The van der Waals surface area contributed by atoms with Gasteiger partial charge in [0.05, 0.1) is 11.2 Å². The summed E-state index contributed by atoms with van der Waals surface area (Å²) in [4.78, 5) is 13.0. The molecule has 2 N–H and O–H groups in total. The Morgan fingerprint density at radius 3 is 2.24 bits per heavy atom. The molecule has 116 valence electrons. The summed E-state index contributed by atoms with van der Waals surface area (Å²) in [5, 5.41) is 19.6. The Bertz CT molecular complexity index is 461. The maximum Gasteiger partial charge on any atom is 0.335 e.